The third kappa shape index (κ3) is 1.99. The van der Waals surface area contributed by atoms with Gasteiger partial charge in [0.05, 0.1) is 11.6 Å². The zero-order valence-corrected chi connectivity index (χ0v) is 10.8. The highest BCUT2D eigenvalue weighted by atomic mass is 16.2. The van der Waals surface area contributed by atoms with Crippen LogP contribution in [0.3, 0.4) is 0 Å². The Balaban J connectivity index is 1.88. The number of nitrogen functional groups attached to an aromatic ring is 1. The molecule has 0 atom stereocenters. The van der Waals surface area contributed by atoms with Gasteiger partial charge in [-0.05, 0) is 29.3 Å². The Morgan fingerprint density at radius 1 is 1.25 bits per heavy atom. The van der Waals surface area contributed by atoms with Crippen LogP contribution in [0.15, 0.2) is 42.5 Å². The summed E-state index contributed by atoms with van der Waals surface area (Å²) in [5, 5.41) is 9.10. The maximum absolute atomic E-state index is 12.3. The molecule has 0 aromatic heterocycles. The zero-order valence-electron chi connectivity index (χ0n) is 10.8. The molecule has 2 N–H and O–H groups in total. The number of hydrogen-bond donors (Lipinski definition) is 1. The molecular weight excluding hydrogens is 250 g/mol. The van der Waals surface area contributed by atoms with Crippen LogP contribution in [0, 0.1) is 11.3 Å². The van der Waals surface area contributed by atoms with Gasteiger partial charge in [-0.25, -0.2) is 0 Å². The van der Waals surface area contributed by atoms with Gasteiger partial charge >= 0.3 is 0 Å². The number of nitriles is 1. The van der Waals surface area contributed by atoms with Crippen molar-refractivity contribution in [1.82, 2.24) is 4.90 Å². The Labute approximate surface area is 117 Å². The fourth-order valence-electron chi connectivity index (χ4n) is 2.48. The molecule has 0 saturated heterocycles. The molecule has 0 spiro atoms. The van der Waals surface area contributed by atoms with Crippen LogP contribution >= 0.6 is 0 Å². The number of rotatable bonds is 2. The van der Waals surface area contributed by atoms with E-state index >= 15 is 0 Å². The van der Waals surface area contributed by atoms with E-state index in [4.69, 9.17) is 11.0 Å². The van der Waals surface area contributed by atoms with E-state index in [0.29, 0.717) is 29.9 Å². The minimum atomic E-state index is -0.0277. The molecule has 4 nitrogen and oxygen atoms in total. The highest BCUT2D eigenvalue weighted by Gasteiger charge is 2.27. The number of amides is 1. The quantitative estimate of drug-likeness (QED) is 0.845. The lowest BCUT2D eigenvalue weighted by Crippen LogP contribution is -2.23. The third-order valence-electron chi connectivity index (χ3n) is 3.51. The largest absolute Gasteiger partial charge is 0.399 e. The van der Waals surface area contributed by atoms with E-state index in [2.05, 4.69) is 6.07 Å². The smallest absolute Gasteiger partial charge is 0.254 e. The van der Waals surface area contributed by atoms with Crippen molar-refractivity contribution in [1.29, 1.82) is 5.26 Å². The number of anilines is 1. The van der Waals surface area contributed by atoms with Gasteiger partial charge < -0.3 is 10.6 Å². The van der Waals surface area contributed by atoms with Crippen molar-refractivity contribution in [2.45, 2.75) is 13.1 Å². The first kappa shape index (κ1) is 12.2. The number of carbonyl (C=O) groups excluding carboxylic acids is 1. The molecule has 1 heterocycles. The summed E-state index contributed by atoms with van der Waals surface area (Å²) < 4.78 is 0. The molecule has 98 valence electrons. The molecule has 20 heavy (non-hydrogen) atoms. The van der Waals surface area contributed by atoms with Gasteiger partial charge in [0.25, 0.3) is 5.91 Å². The maximum atomic E-state index is 12.3. The number of hydrogen-bond acceptors (Lipinski definition) is 3. The number of nitrogens with zero attached hydrogens (tertiary/aromatic N) is 2. The summed E-state index contributed by atoms with van der Waals surface area (Å²) in [5.41, 5.74) is 9.44. The molecule has 2 aromatic rings. The van der Waals surface area contributed by atoms with Crippen molar-refractivity contribution in [3.8, 4) is 6.07 Å². The predicted octanol–water partition coefficient (Wildman–Crippen LogP) is 2.30. The molecule has 3 rings (SSSR count). The Kier molecular flexibility index (Phi) is 2.88. The number of nitrogens with two attached hydrogens (primary N) is 1. The first-order valence-electron chi connectivity index (χ1n) is 6.34. The van der Waals surface area contributed by atoms with Gasteiger partial charge in [-0.2, -0.15) is 5.26 Å². The monoisotopic (exact) mass is 263 g/mol. The van der Waals surface area contributed by atoms with Crippen LogP contribution in [-0.4, -0.2) is 10.8 Å². The molecule has 2 aromatic carbocycles. The van der Waals surface area contributed by atoms with E-state index < -0.39 is 0 Å². The summed E-state index contributed by atoms with van der Waals surface area (Å²) in [6.07, 6.45) is 0. The molecule has 1 amide bonds. The number of benzene rings is 2. The molecule has 0 unspecified atom stereocenters. The van der Waals surface area contributed by atoms with Crippen molar-refractivity contribution in [3.05, 3.63) is 64.7 Å². The normalized spacial score (nSPS) is 13.2. The third-order valence-corrected chi connectivity index (χ3v) is 3.51. The standard InChI is InChI=1S/C16H13N3O/c17-8-11-3-1-2-4-12(11)9-19-10-13-5-6-14(18)7-15(13)16(19)20/h1-7H,9-10,18H2. The van der Waals surface area contributed by atoms with Gasteiger partial charge in [0.1, 0.15) is 0 Å². The Bertz CT molecular complexity index is 731. The second kappa shape index (κ2) is 4.71. The van der Waals surface area contributed by atoms with Crippen LogP contribution in [0.1, 0.15) is 27.0 Å². The first-order chi connectivity index (χ1) is 9.69. The van der Waals surface area contributed by atoms with Crippen molar-refractivity contribution in [2.75, 3.05) is 5.73 Å². The van der Waals surface area contributed by atoms with E-state index in [-0.39, 0.29) is 5.91 Å². The van der Waals surface area contributed by atoms with Gasteiger partial charge in [-0.3, -0.25) is 4.79 Å². The molecule has 1 aliphatic heterocycles. The molecule has 0 aliphatic carbocycles. The van der Waals surface area contributed by atoms with Crippen LogP contribution in [0.5, 0.6) is 0 Å². The fraction of sp³-hybridized carbons (Fsp3) is 0.125. The minimum absolute atomic E-state index is 0.0277. The number of carbonyl (C=O) groups is 1. The first-order valence-corrected chi connectivity index (χ1v) is 6.34. The van der Waals surface area contributed by atoms with Crippen LogP contribution in [-0.2, 0) is 13.1 Å². The summed E-state index contributed by atoms with van der Waals surface area (Å²) in [7, 11) is 0. The summed E-state index contributed by atoms with van der Waals surface area (Å²) in [4.78, 5) is 14.1. The van der Waals surface area contributed by atoms with Crippen LogP contribution in [0.4, 0.5) is 5.69 Å². The fourth-order valence-corrected chi connectivity index (χ4v) is 2.48. The van der Waals surface area contributed by atoms with E-state index in [9.17, 15) is 4.79 Å². The van der Waals surface area contributed by atoms with E-state index in [1.165, 1.54) is 0 Å². The average molecular weight is 263 g/mol. The SMILES string of the molecule is N#Cc1ccccc1CN1Cc2ccc(N)cc2C1=O. The van der Waals surface area contributed by atoms with Crippen molar-refractivity contribution in [2.24, 2.45) is 0 Å². The predicted molar refractivity (Wildman–Crippen MR) is 75.6 cm³/mol. The van der Waals surface area contributed by atoms with Crippen molar-refractivity contribution in [3.63, 3.8) is 0 Å². The lowest BCUT2D eigenvalue weighted by atomic mass is 10.1. The van der Waals surface area contributed by atoms with Crippen molar-refractivity contribution < 1.29 is 4.79 Å². The molecular formula is C16H13N3O. The Morgan fingerprint density at radius 2 is 2.05 bits per heavy atom. The maximum Gasteiger partial charge on any atom is 0.254 e. The molecule has 4 heteroatoms. The highest BCUT2D eigenvalue weighted by molar-refractivity contribution is 5.99. The van der Waals surface area contributed by atoms with Crippen molar-refractivity contribution >= 4 is 11.6 Å². The van der Waals surface area contributed by atoms with E-state index in [1.54, 1.807) is 23.1 Å². The summed E-state index contributed by atoms with van der Waals surface area (Å²) in [6, 6.07) is 14.9. The van der Waals surface area contributed by atoms with Crippen LogP contribution in [0.2, 0.25) is 0 Å². The average Bonchev–Trinajstić information content (AvgIpc) is 2.76. The van der Waals surface area contributed by atoms with E-state index in [1.807, 2.05) is 24.3 Å². The van der Waals surface area contributed by atoms with Gasteiger partial charge in [0, 0.05) is 24.3 Å². The van der Waals surface area contributed by atoms with E-state index in [0.717, 1.165) is 11.1 Å². The molecule has 0 saturated carbocycles. The molecule has 0 fully saturated rings. The van der Waals surface area contributed by atoms with Crippen LogP contribution < -0.4 is 5.73 Å². The van der Waals surface area contributed by atoms with Gasteiger partial charge in [-0.1, -0.05) is 24.3 Å². The highest BCUT2D eigenvalue weighted by Crippen LogP contribution is 2.26. The summed E-state index contributed by atoms with van der Waals surface area (Å²) in [5.74, 6) is -0.0277. The Hall–Kier alpha value is -2.80. The topological polar surface area (TPSA) is 70.1 Å². The lowest BCUT2D eigenvalue weighted by molar-refractivity contribution is 0.0766. The minimum Gasteiger partial charge on any atom is -0.399 e. The molecule has 0 radical (unpaired) electrons. The van der Waals surface area contributed by atoms with Gasteiger partial charge in [-0.15, -0.1) is 0 Å². The van der Waals surface area contributed by atoms with Gasteiger partial charge in [0.2, 0.25) is 0 Å². The van der Waals surface area contributed by atoms with Crippen LogP contribution in [0.25, 0.3) is 0 Å². The van der Waals surface area contributed by atoms with Gasteiger partial charge in [0.15, 0.2) is 0 Å². The molecule has 1 aliphatic rings. The molecule has 0 bridgehead atoms. The second-order valence-corrected chi connectivity index (χ2v) is 4.85. The summed E-state index contributed by atoms with van der Waals surface area (Å²) in [6.45, 7) is 1.01. The lowest BCUT2D eigenvalue weighted by Gasteiger charge is -2.16. The zero-order chi connectivity index (χ0) is 14.1. The summed E-state index contributed by atoms with van der Waals surface area (Å²) >= 11 is 0. The second-order valence-electron chi connectivity index (χ2n) is 4.85. The Morgan fingerprint density at radius 3 is 2.85 bits per heavy atom. The number of fused-ring (bicyclic) bond motifs is 1.